The fourth-order valence-corrected chi connectivity index (χ4v) is 4.04. The van der Waals surface area contributed by atoms with Crippen LogP contribution in [0.15, 0.2) is 12.4 Å². The molecule has 1 unspecified atom stereocenters. The molecule has 2 saturated carbocycles. The molecule has 5 heteroatoms. The Hall–Kier alpha value is -1.41. The van der Waals surface area contributed by atoms with Crippen molar-refractivity contribution in [2.45, 2.75) is 56.7 Å². The third kappa shape index (κ3) is 1.78. The smallest absolute Gasteiger partial charge is 0.241 e. The highest BCUT2D eigenvalue weighted by molar-refractivity contribution is 5.85. The number of nitriles is 1. The number of hydrogen-bond donors (Lipinski definition) is 1. The molecule has 0 radical (unpaired) electrons. The molecule has 1 aliphatic heterocycles. The summed E-state index contributed by atoms with van der Waals surface area (Å²) in [6.07, 6.45) is 4.60. The molecule has 0 aromatic heterocycles. The van der Waals surface area contributed by atoms with Crippen molar-refractivity contribution >= 4 is 5.91 Å². The number of carbonyl (C=O) groups is 1. The van der Waals surface area contributed by atoms with Crippen LogP contribution in [0.5, 0.6) is 0 Å². The molecule has 1 amide bonds. The molecule has 0 aromatic carbocycles. The molecule has 3 fully saturated rings. The van der Waals surface area contributed by atoms with Gasteiger partial charge >= 0.3 is 0 Å². The topological polar surface area (TPSA) is 70.1 Å². The van der Waals surface area contributed by atoms with Crippen LogP contribution in [0.4, 0.5) is 4.39 Å². The highest BCUT2D eigenvalue weighted by Crippen LogP contribution is 2.51. The van der Waals surface area contributed by atoms with E-state index in [0.717, 1.165) is 25.7 Å². The Labute approximate surface area is 118 Å². The summed E-state index contributed by atoms with van der Waals surface area (Å²) in [5.41, 5.74) is 5.22. The zero-order valence-corrected chi connectivity index (χ0v) is 11.5. The number of amides is 1. The predicted octanol–water partition coefficient (Wildman–Crippen LogP) is 1.87. The molecule has 1 saturated heterocycles. The molecular formula is C15H20FN3O. The second kappa shape index (κ2) is 4.56. The summed E-state index contributed by atoms with van der Waals surface area (Å²) in [7, 11) is 0. The van der Waals surface area contributed by atoms with Crippen molar-refractivity contribution in [1.82, 2.24) is 4.90 Å². The number of nitrogens with zero attached hydrogens (tertiary/aromatic N) is 2. The molecule has 1 heterocycles. The number of halogens is 1. The summed E-state index contributed by atoms with van der Waals surface area (Å²) in [6.45, 7) is 3.43. The minimum absolute atomic E-state index is 0.157. The highest BCUT2D eigenvalue weighted by atomic mass is 19.1. The molecule has 3 rings (SSSR count). The SMILES string of the molecule is C=C(F)C1([C@H](N)C(=O)N2C(C#N)C[C@@H]3C[C@@H]32)CCCC1. The summed E-state index contributed by atoms with van der Waals surface area (Å²) in [5, 5.41) is 9.17. The Morgan fingerprint density at radius 1 is 1.45 bits per heavy atom. The van der Waals surface area contributed by atoms with Gasteiger partial charge in [-0.3, -0.25) is 4.79 Å². The van der Waals surface area contributed by atoms with Gasteiger partial charge in [0.05, 0.1) is 12.1 Å². The molecule has 2 aliphatic carbocycles. The van der Waals surface area contributed by atoms with Crippen LogP contribution in [0.25, 0.3) is 0 Å². The lowest BCUT2D eigenvalue weighted by atomic mass is 9.77. The third-order valence-corrected chi connectivity index (χ3v) is 5.41. The van der Waals surface area contributed by atoms with Crippen molar-refractivity contribution in [3.63, 3.8) is 0 Å². The maximum atomic E-state index is 13.9. The predicted molar refractivity (Wildman–Crippen MR) is 71.9 cm³/mol. The van der Waals surface area contributed by atoms with Crippen LogP contribution in [0.1, 0.15) is 38.5 Å². The molecule has 2 N–H and O–H groups in total. The fraction of sp³-hybridized carbons (Fsp3) is 0.733. The van der Waals surface area contributed by atoms with Gasteiger partial charge in [0.2, 0.25) is 5.91 Å². The first-order chi connectivity index (χ1) is 9.51. The molecule has 4 nitrogen and oxygen atoms in total. The maximum absolute atomic E-state index is 13.9. The Balaban J connectivity index is 1.83. The van der Waals surface area contributed by atoms with E-state index in [0.29, 0.717) is 18.8 Å². The van der Waals surface area contributed by atoms with Crippen LogP contribution in [-0.2, 0) is 4.79 Å². The number of rotatable bonds is 3. The number of piperidine rings is 1. The standard InChI is InChI=1S/C15H20FN3O/c1-9(16)15(4-2-3-5-15)13(18)14(20)19-11(8-17)6-10-7-12(10)19/h10-13H,1-7,18H2/t10-,11?,12+,13-/m1/s1. The lowest BCUT2D eigenvalue weighted by Crippen LogP contribution is -2.54. The average Bonchev–Trinajstić information content (AvgIpc) is 2.91. The first-order valence-electron chi connectivity index (χ1n) is 7.33. The third-order valence-electron chi connectivity index (χ3n) is 5.41. The van der Waals surface area contributed by atoms with Crippen LogP contribution < -0.4 is 5.73 Å². The Bertz CT molecular complexity index is 492. The van der Waals surface area contributed by atoms with Gasteiger partial charge in [-0.1, -0.05) is 19.4 Å². The molecule has 3 aliphatic rings. The second-order valence-electron chi connectivity index (χ2n) is 6.44. The lowest BCUT2D eigenvalue weighted by Gasteiger charge is -2.36. The van der Waals surface area contributed by atoms with Crippen molar-refractivity contribution in [1.29, 1.82) is 5.26 Å². The molecule has 0 bridgehead atoms. The van der Waals surface area contributed by atoms with Gasteiger partial charge in [0.25, 0.3) is 0 Å². The van der Waals surface area contributed by atoms with Gasteiger partial charge in [0, 0.05) is 11.5 Å². The van der Waals surface area contributed by atoms with Gasteiger partial charge in [-0.05, 0) is 31.6 Å². The molecular weight excluding hydrogens is 257 g/mol. The van der Waals surface area contributed by atoms with E-state index in [9.17, 15) is 9.18 Å². The van der Waals surface area contributed by atoms with Gasteiger partial charge < -0.3 is 10.6 Å². The van der Waals surface area contributed by atoms with Crippen molar-refractivity contribution in [2.75, 3.05) is 0 Å². The molecule has 0 spiro atoms. The van der Waals surface area contributed by atoms with E-state index in [2.05, 4.69) is 12.6 Å². The Morgan fingerprint density at radius 3 is 2.65 bits per heavy atom. The van der Waals surface area contributed by atoms with Gasteiger partial charge in [-0.15, -0.1) is 0 Å². The summed E-state index contributed by atoms with van der Waals surface area (Å²) in [4.78, 5) is 14.3. The van der Waals surface area contributed by atoms with E-state index < -0.39 is 17.3 Å². The molecule has 20 heavy (non-hydrogen) atoms. The van der Waals surface area contributed by atoms with Crippen molar-refractivity contribution in [3.05, 3.63) is 12.4 Å². The minimum Gasteiger partial charge on any atom is -0.322 e. The zero-order valence-electron chi connectivity index (χ0n) is 11.5. The number of carbonyl (C=O) groups excluding carboxylic acids is 1. The normalized spacial score (nSPS) is 35.2. The van der Waals surface area contributed by atoms with Gasteiger partial charge in [0.1, 0.15) is 11.9 Å². The monoisotopic (exact) mass is 277 g/mol. The molecule has 0 aromatic rings. The van der Waals surface area contributed by atoms with E-state index in [4.69, 9.17) is 11.0 Å². The van der Waals surface area contributed by atoms with Crippen molar-refractivity contribution in [2.24, 2.45) is 17.1 Å². The molecule has 108 valence electrons. The summed E-state index contributed by atoms with van der Waals surface area (Å²) in [5.74, 6) is -0.290. The first kappa shape index (κ1) is 13.6. The average molecular weight is 277 g/mol. The van der Waals surface area contributed by atoms with Crippen LogP contribution in [0.2, 0.25) is 0 Å². The van der Waals surface area contributed by atoms with E-state index in [1.807, 2.05) is 0 Å². The second-order valence-corrected chi connectivity index (χ2v) is 6.44. The fourth-order valence-electron chi connectivity index (χ4n) is 4.04. The van der Waals surface area contributed by atoms with Crippen LogP contribution in [-0.4, -0.2) is 28.9 Å². The zero-order chi connectivity index (χ0) is 14.5. The summed E-state index contributed by atoms with van der Waals surface area (Å²) < 4.78 is 13.9. The van der Waals surface area contributed by atoms with Crippen LogP contribution in [0, 0.1) is 22.7 Å². The minimum atomic E-state index is -0.913. The van der Waals surface area contributed by atoms with Gasteiger partial charge in [-0.2, -0.15) is 5.26 Å². The number of hydrogen-bond acceptors (Lipinski definition) is 3. The first-order valence-corrected chi connectivity index (χ1v) is 7.33. The number of fused-ring (bicyclic) bond motifs is 1. The number of nitrogens with two attached hydrogens (primary N) is 1. The number of likely N-dealkylation sites (tertiary alicyclic amines) is 1. The van der Waals surface area contributed by atoms with Crippen LogP contribution in [0.3, 0.4) is 0 Å². The highest BCUT2D eigenvalue weighted by Gasteiger charge is 2.57. The summed E-state index contributed by atoms with van der Waals surface area (Å²) in [6, 6.07) is 1.04. The van der Waals surface area contributed by atoms with Gasteiger partial charge in [0.15, 0.2) is 0 Å². The maximum Gasteiger partial charge on any atom is 0.241 e. The largest absolute Gasteiger partial charge is 0.322 e. The van der Waals surface area contributed by atoms with E-state index >= 15 is 0 Å². The quantitative estimate of drug-likeness (QED) is 0.856. The Kier molecular flexibility index (Phi) is 3.09. The van der Waals surface area contributed by atoms with Crippen molar-refractivity contribution < 1.29 is 9.18 Å². The van der Waals surface area contributed by atoms with Crippen molar-refractivity contribution in [3.8, 4) is 6.07 Å². The van der Waals surface area contributed by atoms with E-state index in [-0.39, 0.29) is 18.0 Å². The van der Waals surface area contributed by atoms with E-state index in [1.165, 1.54) is 0 Å². The van der Waals surface area contributed by atoms with Crippen LogP contribution >= 0.6 is 0 Å². The lowest BCUT2D eigenvalue weighted by molar-refractivity contribution is -0.136. The van der Waals surface area contributed by atoms with E-state index in [1.54, 1.807) is 4.90 Å². The summed E-state index contributed by atoms with van der Waals surface area (Å²) >= 11 is 0. The Morgan fingerprint density at radius 2 is 2.10 bits per heavy atom. The van der Waals surface area contributed by atoms with Gasteiger partial charge in [-0.25, -0.2) is 4.39 Å². The molecule has 4 atom stereocenters.